The van der Waals surface area contributed by atoms with Gasteiger partial charge in [0.05, 0.1) is 12.7 Å². The zero-order valence-corrected chi connectivity index (χ0v) is 22.7. The topological polar surface area (TPSA) is 42.4 Å². The standard InChI is InChI=1S/C32H40ClNO2/c1-4-36-30-18-21(20-5-8-23(33)9-6-20)17-29(34-30)28-12-11-26-25-10-7-22-19-24(35)13-15-31(22,2)27(25)14-16-32(26,28)3/h5-9,17-18,24-28,35H,4,10-16,19H2,1-3H3/t24-,25-,26-,27-,28+,31-,32-/m0/s1. The van der Waals surface area contributed by atoms with Crippen LogP contribution in [0.4, 0.5) is 0 Å². The van der Waals surface area contributed by atoms with Crippen molar-refractivity contribution in [3.63, 3.8) is 0 Å². The number of pyridine rings is 1. The van der Waals surface area contributed by atoms with E-state index in [2.05, 4.69) is 44.2 Å². The monoisotopic (exact) mass is 505 g/mol. The quantitative estimate of drug-likeness (QED) is 0.425. The van der Waals surface area contributed by atoms with Crippen LogP contribution in [0.1, 0.15) is 83.7 Å². The fraction of sp³-hybridized carbons (Fsp3) is 0.594. The molecule has 6 rings (SSSR count). The Morgan fingerprint density at radius 2 is 1.81 bits per heavy atom. The van der Waals surface area contributed by atoms with Crippen molar-refractivity contribution >= 4 is 11.6 Å². The molecule has 1 N–H and O–H groups in total. The van der Waals surface area contributed by atoms with Gasteiger partial charge in [0.2, 0.25) is 5.88 Å². The van der Waals surface area contributed by atoms with Crippen LogP contribution in [0.25, 0.3) is 11.1 Å². The van der Waals surface area contributed by atoms with Crippen LogP contribution in [-0.4, -0.2) is 22.8 Å². The lowest BCUT2D eigenvalue weighted by molar-refractivity contribution is -0.0412. The minimum atomic E-state index is -0.135. The zero-order valence-electron chi connectivity index (χ0n) is 22.0. The van der Waals surface area contributed by atoms with Gasteiger partial charge in [-0.1, -0.05) is 49.2 Å². The van der Waals surface area contributed by atoms with Crippen molar-refractivity contribution in [3.05, 3.63) is 58.8 Å². The van der Waals surface area contributed by atoms with Gasteiger partial charge < -0.3 is 9.84 Å². The summed E-state index contributed by atoms with van der Waals surface area (Å²) in [5, 5.41) is 11.1. The first-order chi connectivity index (χ1) is 17.3. The van der Waals surface area contributed by atoms with Gasteiger partial charge in [0.15, 0.2) is 0 Å². The Hall–Kier alpha value is -1.84. The molecular formula is C32H40ClNO2. The first-order valence-corrected chi connectivity index (χ1v) is 14.5. The Morgan fingerprint density at radius 1 is 1.00 bits per heavy atom. The molecule has 4 aliphatic carbocycles. The molecule has 0 saturated heterocycles. The second kappa shape index (κ2) is 9.17. The largest absolute Gasteiger partial charge is 0.478 e. The van der Waals surface area contributed by atoms with E-state index in [1.54, 1.807) is 5.57 Å². The molecule has 7 atom stereocenters. The summed E-state index contributed by atoms with van der Waals surface area (Å²) in [5.41, 5.74) is 5.64. The predicted octanol–water partition coefficient (Wildman–Crippen LogP) is 8.21. The van der Waals surface area contributed by atoms with Crippen molar-refractivity contribution in [2.75, 3.05) is 6.61 Å². The summed E-state index contributed by atoms with van der Waals surface area (Å²) in [6.07, 6.45) is 11.7. The molecule has 1 aromatic carbocycles. The van der Waals surface area contributed by atoms with E-state index in [1.165, 1.54) is 43.4 Å². The molecule has 36 heavy (non-hydrogen) atoms. The van der Waals surface area contributed by atoms with Gasteiger partial charge in [0.1, 0.15) is 0 Å². The van der Waals surface area contributed by atoms with Crippen LogP contribution in [0.2, 0.25) is 5.02 Å². The summed E-state index contributed by atoms with van der Waals surface area (Å²) in [5.74, 6) is 3.44. The molecule has 2 aromatic rings. The van der Waals surface area contributed by atoms with Crippen LogP contribution in [0, 0.1) is 28.6 Å². The number of allylic oxidation sites excluding steroid dienone is 1. The molecule has 0 unspecified atom stereocenters. The van der Waals surface area contributed by atoms with Gasteiger partial charge in [-0.3, -0.25) is 0 Å². The van der Waals surface area contributed by atoms with Crippen molar-refractivity contribution in [2.24, 2.45) is 28.6 Å². The lowest BCUT2D eigenvalue weighted by Gasteiger charge is -2.58. The summed E-state index contributed by atoms with van der Waals surface area (Å²) in [6.45, 7) is 7.73. The molecule has 3 nitrogen and oxygen atoms in total. The fourth-order valence-electron chi connectivity index (χ4n) is 8.86. The predicted molar refractivity (Wildman–Crippen MR) is 146 cm³/mol. The number of benzene rings is 1. The smallest absolute Gasteiger partial charge is 0.214 e. The highest BCUT2D eigenvalue weighted by Gasteiger charge is 2.59. The molecular weight excluding hydrogens is 466 g/mol. The Bertz CT molecular complexity index is 1160. The maximum atomic E-state index is 10.3. The van der Waals surface area contributed by atoms with E-state index >= 15 is 0 Å². The van der Waals surface area contributed by atoms with Crippen LogP contribution in [0.5, 0.6) is 5.88 Å². The Balaban J connectivity index is 1.33. The number of ether oxygens (including phenoxy) is 1. The van der Waals surface area contributed by atoms with Crippen molar-refractivity contribution in [1.29, 1.82) is 0 Å². The minimum absolute atomic E-state index is 0.135. The minimum Gasteiger partial charge on any atom is -0.478 e. The fourth-order valence-corrected chi connectivity index (χ4v) is 8.99. The Kier molecular flexibility index (Phi) is 6.24. The van der Waals surface area contributed by atoms with Gasteiger partial charge >= 0.3 is 0 Å². The van der Waals surface area contributed by atoms with Gasteiger partial charge in [-0.05, 0) is 116 Å². The maximum absolute atomic E-state index is 10.3. The highest BCUT2D eigenvalue weighted by atomic mass is 35.5. The van der Waals surface area contributed by atoms with E-state index < -0.39 is 0 Å². The van der Waals surface area contributed by atoms with Crippen molar-refractivity contribution in [3.8, 4) is 17.0 Å². The molecule has 1 aromatic heterocycles. The highest BCUT2D eigenvalue weighted by molar-refractivity contribution is 6.30. The third-order valence-electron chi connectivity index (χ3n) is 10.7. The van der Waals surface area contributed by atoms with E-state index in [1.807, 2.05) is 19.1 Å². The molecule has 0 amide bonds. The molecule has 192 valence electrons. The first kappa shape index (κ1) is 24.5. The number of aliphatic hydroxyl groups excluding tert-OH is 1. The molecule has 0 aliphatic heterocycles. The summed E-state index contributed by atoms with van der Waals surface area (Å²) in [6, 6.07) is 12.5. The Labute approximate surface area is 221 Å². The Morgan fingerprint density at radius 3 is 2.58 bits per heavy atom. The number of halogens is 1. The second-order valence-electron chi connectivity index (χ2n) is 12.4. The van der Waals surface area contributed by atoms with E-state index in [-0.39, 0.29) is 16.9 Å². The molecule has 1 heterocycles. The van der Waals surface area contributed by atoms with Gasteiger partial charge in [0, 0.05) is 22.7 Å². The summed E-state index contributed by atoms with van der Waals surface area (Å²) in [4.78, 5) is 5.09. The molecule has 3 fully saturated rings. The molecule has 3 saturated carbocycles. The summed E-state index contributed by atoms with van der Waals surface area (Å²) >= 11 is 6.17. The normalized spacial score (nSPS) is 37.5. The number of nitrogens with zero attached hydrogens (tertiary/aromatic N) is 1. The lowest BCUT2D eigenvalue weighted by Crippen LogP contribution is -2.50. The molecule has 0 spiro atoms. The number of rotatable bonds is 4. The average molecular weight is 506 g/mol. The molecule has 4 aliphatic rings. The summed E-state index contributed by atoms with van der Waals surface area (Å²) in [7, 11) is 0. The number of fused-ring (bicyclic) bond motifs is 5. The third-order valence-corrected chi connectivity index (χ3v) is 11.0. The second-order valence-corrected chi connectivity index (χ2v) is 12.8. The first-order valence-electron chi connectivity index (χ1n) is 14.1. The van der Waals surface area contributed by atoms with E-state index in [0.29, 0.717) is 12.5 Å². The van der Waals surface area contributed by atoms with Crippen LogP contribution in [0.15, 0.2) is 48.0 Å². The van der Waals surface area contributed by atoms with Gasteiger partial charge in [-0.25, -0.2) is 4.98 Å². The van der Waals surface area contributed by atoms with E-state index in [4.69, 9.17) is 21.3 Å². The van der Waals surface area contributed by atoms with Gasteiger partial charge in [0.25, 0.3) is 0 Å². The average Bonchev–Trinajstić information content (AvgIpc) is 3.22. The van der Waals surface area contributed by atoms with Crippen LogP contribution in [0.3, 0.4) is 0 Å². The number of hydrogen-bond donors (Lipinski definition) is 1. The van der Waals surface area contributed by atoms with Crippen molar-refractivity contribution < 1.29 is 9.84 Å². The SMILES string of the molecule is CCOc1cc(-c2ccc(Cl)cc2)cc([C@H]2CC[C@H]3[C@@H]4CC=C5C[C@@H](O)CC[C@]5(C)[C@H]4CC[C@]23C)n1. The van der Waals surface area contributed by atoms with E-state index in [9.17, 15) is 5.11 Å². The van der Waals surface area contributed by atoms with Gasteiger partial charge in [-0.2, -0.15) is 0 Å². The number of aromatic nitrogens is 1. The van der Waals surface area contributed by atoms with Crippen molar-refractivity contribution in [1.82, 2.24) is 4.98 Å². The lowest BCUT2D eigenvalue weighted by atomic mass is 9.47. The number of aliphatic hydroxyl groups is 1. The number of hydrogen-bond acceptors (Lipinski definition) is 3. The molecule has 4 heteroatoms. The van der Waals surface area contributed by atoms with Crippen molar-refractivity contribution in [2.45, 2.75) is 84.2 Å². The molecule has 0 bridgehead atoms. The summed E-state index contributed by atoms with van der Waals surface area (Å²) < 4.78 is 5.96. The van der Waals surface area contributed by atoms with Crippen LogP contribution >= 0.6 is 11.6 Å². The van der Waals surface area contributed by atoms with Gasteiger partial charge in [-0.15, -0.1) is 0 Å². The highest BCUT2D eigenvalue weighted by Crippen LogP contribution is 2.68. The van der Waals surface area contributed by atoms with Crippen LogP contribution < -0.4 is 4.74 Å². The zero-order chi connectivity index (χ0) is 25.1. The molecule has 0 radical (unpaired) electrons. The van der Waals surface area contributed by atoms with Crippen LogP contribution in [-0.2, 0) is 0 Å². The third kappa shape index (κ3) is 3.93. The maximum Gasteiger partial charge on any atom is 0.214 e. The van der Waals surface area contributed by atoms with E-state index in [0.717, 1.165) is 53.5 Å².